The summed E-state index contributed by atoms with van der Waals surface area (Å²) >= 11 is 3.32. The second kappa shape index (κ2) is 4.47. The molecule has 0 atom stereocenters. The maximum Gasteiger partial charge on any atom is 0.337 e. The third-order valence-electron chi connectivity index (χ3n) is 2.79. The Morgan fingerprint density at radius 1 is 1.26 bits per heavy atom. The first-order chi connectivity index (χ1) is 9.18. The Kier molecular flexibility index (Phi) is 2.79. The molecule has 0 aliphatic rings. The summed E-state index contributed by atoms with van der Waals surface area (Å²) in [4.78, 5) is 19.6. The lowest BCUT2D eigenvalue weighted by Gasteiger charge is -2.02. The smallest absolute Gasteiger partial charge is 0.337 e. The molecule has 0 spiro atoms. The minimum absolute atomic E-state index is 0.210. The summed E-state index contributed by atoms with van der Waals surface area (Å²) in [5.74, 6) is -0.306. The van der Waals surface area contributed by atoms with E-state index in [9.17, 15) is 9.90 Å². The summed E-state index contributed by atoms with van der Waals surface area (Å²) in [7, 11) is 0. The Bertz CT molecular complexity index is 768. The number of carboxylic acid groups (broad SMARTS) is 1. The number of aromatic nitrogens is 3. The van der Waals surface area contributed by atoms with E-state index in [1.54, 1.807) is 35.1 Å². The van der Waals surface area contributed by atoms with E-state index in [4.69, 9.17) is 0 Å². The van der Waals surface area contributed by atoms with Gasteiger partial charge in [-0.1, -0.05) is 0 Å². The SMILES string of the molecule is O=C(O)c1cccn2c(-c3ccncc3)nc(Br)c12. The number of hydrogen-bond acceptors (Lipinski definition) is 3. The summed E-state index contributed by atoms with van der Waals surface area (Å²) in [5, 5.41) is 9.22. The maximum atomic E-state index is 11.2. The highest BCUT2D eigenvalue weighted by Gasteiger charge is 2.17. The van der Waals surface area contributed by atoms with Gasteiger partial charge in [-0.2, -0.15) is 0 Å². The van der Waals surface area contributed by atoms with Gasteiger partial charge in [0.25, 0.3) is 0 Å². The first kappa shape index (κ1) is 11.9. The fourth-order valence-corrected chi connectivity index (χ4v) is 2.55. The Balaban J connectivity index is 2.35. The van der Waals surface area contributed by atoms with Crippen molar-refractivity contribution in [1.29, 1.82) is 0 Å². The number of aromatic carboxylic acids is 1. The number of nitrogens with zero attached hydrogens (tertiary/aromatic N) is 3. The number of imidazole rings is 1. The number of pyridine rings is 2. The van der Waals surface area contributed by atoms with Gasteiger partial charge in [0.15, 0.2) is 0 Å². The molecule has 0 unspecified atom stereocenters. The van der Waals surface area contributed by atoms with Crippen LogP contribution < -0.4 is 0 Å². The molecule has 0 radical (unpaired) electrons. The van der Waals surface area contributed by atoms with Gasteiger partial charge in [-0.25, -0.2) is 9.78 Å². The quantitative estimate of drug-likeness (QED) is 0.789. The number of halogens is 1. The molecule has 0 aliphatic carbocycles. The highest BCUT2D eigenvalue weighted by atomic mass is 79.9. The van der Waals surface area contributed by atoms with Gasteiger partial charge in [-0.05, 0) is 40.2 Å². The van der Waals surface area contributed by atoms with Gasteiger partial charge in [0, 0.05) is 24.2 Å². The van der Waals surface area contributed by atoms with E-state index in [-0.39, 0.29) is 5.56 Å². The monoisotopic (exact) mass is 317 g/mol. The zero-order valence-corrected chi connectivity index (χ0v) is 11.2. The number of carboxylic acids is 1. The van der Waals surface area contributed by atoms with E-state index in [2.05, 4.69) is 25.9 Å². The fourth-order valence-electron chi connectivity index (χ4n) is 1.97. The predicted molar refractivity (Wildman–Crippen MR) is 73.1 cm³/mol. The largest absolute Gasteiger partial charge is 0.478 e. The normalized spacial score (nSPS) is 10.8. The summed E-state index contributed by atoms with van der Waals surface area (Å²) < 4.78 is 2.26. The molecule has 3 aromatic rings. The lowest BCUT2D eigenvalue weighted by molar-refractivity contribution is 0.0698. The fraction of sp³-hybridized carbons (Fsp3) is 0. The van der Waals surface area contributed by atoms with Crippen LogP contribution in [0.3, 0.4) is 0 Å². The molecule has 3 aromatic heterocycles. The van der Waals surface area contributed by atoms with Crippen molar-refractivity contribution < 1.29 is 9.90 Å². The second-order valence-electron chi connectivity index (χ2n) is 3.91. The zero-order chi connectivity index (χ0) is 13.4. The van der Waals surface area contributed by atoms with E-state index in [0.717, 1.165) is 5.56 Å². The second-order valence-corrected chi connectivity index (χ2v) is 4.66. The van der Waals surface area contributed by atoms with Gasteiger partial charge in [-0.3, -0.25) is 9.38 Å². The number of rotatable bonds is 2. The molecule has 1 N–H and O–H groups in total. The summed E-state index contributed by atoms with van der Waals surface area (Å²) in [6.07, 6.45) is 5.13. The minimum Gasteiger partial charge on any atom is -0.478 e. The zero-order valence-electron chi connectivity index (χ0n) is 9.62. The van der Waals surface area contributed by atoms with Crippen LogP contribution in [0.25, 0.3) is 16.9 Å². The molecule has 0 fully saturated rings. The van der Waals surface area contributed by atoms with E-state index in [1.807, 2.05) is 12.1 Å². The molecule has 0 amide bonds. The molecule has 0 saturated carbocycles. The van der Waals surface area contributed by atoms with Crippen LogP contribution in [0, 0.1) is 0 Å². The molecule has 0 aromatic carbocycles. The number of hydrogen-bond donors (Lipinski definition) is 1. The molecular formula is C13H8BrN3O2. The van der Waals surface area contributed by atoms with Crippen LogP contribution in [0.15, 0.2) is 47.5 Å². The molecule has 19 heavy (non-hydrogen) atoms. The van der Waals surface area contributed by atoms with Gasteiger partial charge in [0.05, 0.1) is 11.1 Å². The molecule has 0 bridgehead atoms. The van der Waals surface area contributed by atoms with Crippen molar-refractivity contribution in [3.8, 4) is 11.4 Å². The number of carbonyl (C=O) groups is 1. The molecule has 94 valence electrons. The highest BCUT2D eigenvalue weighted by Crippen LogP contribution is 2.28. The van der Waals surface area contributed by atoms with E-state index < -0.39 is 5.97 Å². The Labute approximate surface area is 116 Å². The molecule has 3 heterocycles. The summed E-state index contributed by atoms with van der Waals surface area (Å²) in [6.45, 7) is 0. The van der Waals surface area contributed by atoms with E-state index >= 15 is 0 Å². The third kappa shape index (κ3) is 1.90. The molecule has 3 rings (SSSR count). The first-order valence-electron chi connectivity index (χ1n) is 5.49. The van der Waals surface area contributed by atoms with Crippen molar-refractivity contribution in [3.63, 3.8) is 0 Å². The maximum absolute atomic E-state index is 11.2. The van der Waals surface area contributed by atoms with Crippen LogP contribution in [0.1, 0.15) is 10.4 Å². The van der Waals surface area contributed by atoms with Gasteiger partial charge < -0.3 is 5.11 Å². The predicted octanol–water partition coefficient (Wildman–Crippen LogP) is 2.86. The minimum atomic E-state index is -0.979. The summed E-state index contributed by atoms with van der Waals surface area (Å²) in [6, 6.07) is 6.90. The molecule has 0 aliphatic heterocycles. The van der Waals surface area contributed by atoms with Crippen LogP contribution >= 0.6 is 15.9 Å². The summed E-state index contributed by atoms with van der Waals surface area (Å²) in [5.41, 5.74) is 1.63. The lowest BCUT2D eigenvalue weighted by Crippen LogP contribution is -2.00. The third-order valence-corrected chi connectivity index (χ3v) is 3.34. The Morgan fingerprint density at radius 2 is 2.00 bits per heavy atom. The Hall–Kier alpha value is -2.21. The van der Waals surface area contributed by atoms with Crippen LogP contribution in [0.4, 0.5) is 0 Å². The van der Waals surface area contributed by atoms with E-state index in [0.29, 0.717) is 15.9 Å². The van der Waals surface area contributed by atoms with Crippen molar-refractivity contribution in [3.05, 3.63) is 53.0 Å². The highest BCUT2D eigenvalue weighted by molar-refractivity contribution is 9.10. The van der Waals surface area contributed by atoms with Crippen molar-refractivity contribution in [2.75, 3.05) is 0 Å². The molecule has 5 nitrogen and oxygen atoms in total. The van der Waals surface area contributed by atoms with Crippen molar-refractivity contribution in [1.82, 2.24) is 14.4 Å². The van der Waals surface area contributed by atoms with Crippen molar-refractivity contribution in [2.45, 2.75) is 0 Å². The van der Waals surface area contributed by atoms with Gasteiger partial charge in [0.1, 0.15) is 10.4 Å². The standard InChI is InChI=1S/C13H8BrN3O2/c14-11-10-9(13(18)19)2-1-7-17(10)12(16-11)8-3-5-15-6-4-8/h1-7H,(H,18,19). The van der Waals surface area contributed by atoms with Crippen LogP contribution in [-0.2, 0) is 0 Å². The van der Waals surface area contributed by atoms with Crippen molar-refractivity contribution in [2.24, 2.45) is 0 Å². The Morgan fingerprint density at radius 3 is 2.68 bits per heavy atom. The molecule has 0 saturated heterocycles. The topological polar surface area (TPSA) is 67.5 Å². The number of fused-ring (bicyclic) bond motifs is 1. The first-order valence-corrected chi connectivity index (χ1v) is 6.28. The average molecular weight is 318 g/mol. The van der Waals surface area contributed by atoms with E-state index in [1.165, 1.54) is 0 Å². The average Bonchev–Trinajstić information content (AvgIpc) is 2.77. The van der Waals surface area contributed by atoms with Crippen LogP contribution in [-0.4, -0.2) is 25.4 Å². The molecule has 6 heteroatoms. The van der Waals surface area contributed by atoms with Crippen LogP contribution in [0.5, 0.6) is 0 Å². The van der Waals surface area contributed by atoms with Gasteiger partial charge in [0.2, 0.25) is 0 Å². The van der Waals surface area contributed by atoms with Crippen LogP contribution in [0.2, 0.25) is 0 Å². The van der Waals surface area contributed by atoms with Gasteiger partial charge in [-0.15, -0.1) is 0 Å². The van der Waals surface area contributed by atoms with Gasteiger partial charge >= 0.3 is 5.97 Å². The molecular weight excluding hydrogens is 310 g/mol. The van der Waals surface area contributed by atoms with Crippen molar-refractivity contribution >= 4 is 27.4 Å². The lowest BCUT2D eigenvalue weighted by atomic mass is 10.2.